The van der Waals surface area contributed by atoms with Crippen molar-refractivity contribution in [3.05, 3.63) is 23.8 Å². The highest BCUT2D eigenvalue weighted by Crippen LogP contribution is 2.40. The average Bonchev–Trinajstić information content (AvgIpc) is 2.68. The summed E-state index contributed by atoms with van der Waals surface area (Å²) in [6, 6.07) is 5.01. The zero-order valence-corrected chi connectivity index (χ0v) is 17.9. The predicted molar refractivity (Wildman–Crippen MR) is 112 cm³/mol. The number of benzene rings is 1. The summed E-state index contributed by atoms with van der Waals surface area (Å²) in [4.78, 5) is 4.86. The minimum atomic E-state index is -3.39. The van der Waals surface area contributed by atoms with Gasteiger partial charge in [0.05, 0.1) is 25.2 Å². The molecule has 1 fully saturated rings. The maximum atomic E-state index is 11.5. The highest BCUT2D eigenvalue weighted by atomic mass is 35.5. The van der Waals surface area contributed by atoms with Gasteiger partial charge in [-0.25, -0.2) is 13.3 Å². The molecule has 0 aromatic heterocycles. The third-order valence-electron chi connectivity index (χ3n) is 5.19. The van der Waals surface area contributed by atoms with Crippen molar-refractivity contribution in [2.75, 3.05) is 50.4 Å². The molecule has 0 radical (unpaired) electrons. The maximum Gasteiger partial charge on any atom is 0.229 e. The van der Waals surface area contributed by atoms with Crippen molar-refractivity contribution in [2.45, 2.75) is 24.9 Å². The van der Waals surface area contributed by atoms with Gasteiger partial charge in [-0.15, -0.1) is 0 Å². The Hall–Kier alpha value is -1.59. The lowest BCUT2D eigenvalue weighted by molar-refractivity contribution is -0.00493. The molecule has 3 N–H and O–H groups in total. The molecule has 162 valence electrons. The van der Waals surface area contributed by atoms with Crippen LogP contribution in [0.4, 0.5) is 5.69 Å². The Kier molecular flexibility index (Phi) is 7.23. The highest BCUT2D eigenvalue weighted by Gasteiger charge is 2.42. The Morgan fingerprint density at radius 1 is 1.34 bits per heavy atom. The van der Waals surface area contributed by atoms with Gasteiger partial charge in [0, 0.05) is 56.7 Å². The molecule has 0 atom stereocenters. The van der Waals surface area contributed by atoms with Gasteiger partial charge in [-0.2, -0.15) is 0 Å². The van der Waals surface area contributed by atoms with Gasteiger partial charge in [-0.05, 0) is 30.0 Å². The first kappa shape index (κ1) is 22.1. The SMILES string of the molecule is CS(=O)(=O)Nc1ccc2c(c1)/C(=N/O)CC1(CCN(CCOCCNCl)CC1)O2. The zero-order valence-electron chi connectivity index (χ0n) is 16.4. The van der Waals surface area contributed by atoms with Crippen LogP contribution in [-0.4, -0.2) is 75.5 Å². The third-order valence-corrected chi connectivity index (χ3v) is 5.99. The number of likely N-dealkylation sites (tertiary alicyclic amines) is 1. The van der Waals surface area contributed by atoms with E-state index in [1.807, 2.05) is 0 Å². The maximum absolute atomic E-state index is 11.5. The first-order chi connectivity index (χ1) is 13.8. The molecule has 2 aliphatic rings. The van der Waals surface area contributed by atoms with Crippen LogP contribution < -0.4 is 14.3 Å². The van der Waals surface area contributed by atoms with Gasteiger partial charge in [0.25, 0.3) is 0 Å². The van der Waals surface area contributed by atoms with E-state index in [0.29, 0.717) is 48.9 Å². The molecule has 0 aliphatic carbocycles. The van der Waals surface area contributed by atoms with Crippen LogP contribution in [0.25, 0.3) is 0 Å². The smallest absolute Gasteiger partial charge is 0.229 e. The molecular weight excluding hydrogens is 420 g/mol. The molecule has 1 aromatic rings. The summed E-state index contributed by atoms with van der Waals surface area (Å²) in [5.74, 6) is 0.605. The minimum absolute atomic E-state index is 0.408. The molecule has 29 heavy (non-hydrogen) atoms. The van der Waals surface area contributed by atoms with Crippen LogP contribution in [0.1, 0.15) is 24.8 Å². The quantitative estimate of drug-likeness (QED) is 0.240. The van der Waals surface area contributed by atoms with Crippen molar-refractivity contribution in [3.8, 4) is 5.75 Å². The second kappa shape index (κ2) is 9.48. The fraction of sp³-hybridized carbons (Fsp3) is 0.611. The molecule has 0 unspecified atom stereocenters. The van der Waals surface area contributed by atoms with E-state index in [1.54, 1.807) is 18.2 Å². The highest BCUT2D eigenvalue weighted by molar-refractivity contribution is 7.92. The van der Waals surface area contributed by atoms with Crippen LogP contribution in [0.2, 0.25) is 0 Å². The Morgan fingerprint density at radius 3 is 2.76 bits per heavy atom. The summed E-state index contributed by atoms with van der Waals surface area (Å²) in [5, 5.41) is 13.0. The van der Waals surface area contributed by atoms with Crippen LogP contribution in [0.15, 0.2) is 23.4 Å². The van der Waals surface area contributed by atoms with Crippen molar-refractivity contribution in [1.29, 1.82) is 0 Å². The van der Waals surface area contributed by atoms with Crippen LogP contribution in [0.3, 0.4) is 0 Å². The van der Waals surface area contributed by atoms with E-state index < -0.39 is 15.6 Å². The van der Waals surface area contributed by atoms with E-state index in [-0.39, 0.29) is 0 Å². The van der Waals surface area contributed by atoms with Gasteiger partial charge in [-0.1, -0.05) is 5.16 Å². The molecular formula is C18H27ClN4O5S. The number of anilines is 1. The molecule has 3 rings (SSSR count). The monoisotopic (exact) mass is 446 g/mol. The van der Waals surface area contributed by atoms with E-state index in [2.05, 4.69) is 19.6 Å². The Balaban J connectivity index is 1.63. The van der Waals surface area contributed by atoms with Gasteiger partial charge in [0.1, 0.15) is 11.4 Å². The third kappa shape index (κ3) is 5.95. The van der Waals surface area contributed by atoms with Gasteiger partial charge in [0.2, 0.25) is 10.0 Å². The van der Waals surface area contributed by atoms with Crippen molar-refractivity contribution in [1.82, 2.24) is 9.74 Å². The number of hydrogen-bond acceptors (Lipinski definition) is 8. The fourth-order valence-electron chi connectivity index (χ4n) is 3.75. The number of ether oxygens (including phenoxy) is 2. The number of oxime groups is 1. The van der Waals surface area contributed by atoms with Crippen LogP contribution >= 0.6 is 11.8 Å². The molecule has 0 amide bonds. The lowest BCUT2D eigenvalue weighted by atomic mass is 9.82. The van der Waals surface area contributed by atoms with Crippen LogP contribution in [-0.2, 0) is 14.8 Å². The van der Waals surface area contributed by atoms with E-state index in [0.717, 1.165) is 38.7 Å². The summed E-state index contributed by atoms with van der Waals surface area (Å²) in [7, 11) is -3.39. The molecule has 9 nitrogen and oxygen atoms in total. The second-order valence-electron chi connectivity index (χ2n) is 7.43. The number of nitrogens with one attached hydrogen (secondary N) is 2. The Labute approximate surface area is 176 Å². The number of rotatable bonds is 8. The summed E-state index contributed by atoms with van der Waals surface area (Å²) < 4.78 is 37.2. The number of halogens is 1. The van der Waals surface area contributed by atoms with Gasteiger partial charge in [0.15, 0.2) is 0 Å². The lowest BCUT2D eigenvalue weighted by Gasteiger charge is -2.44. The topological polar surface area (TPSA) is 112 Å². The van der Waals surface area contributed by atoms with Crippen LogP contribution in [0.5, 0.6) is 5.75 Å². The lowest BCUT2D eigenvalue weighted by Crippen LogP contribution is -2.51. The molecule has 1 spiro atoms. The summed E-state index contributed by atoms with van der Waals surface area (Å²) in [6.07, 6.45) is 3.17. The second-order valence-corrected chi connectivity index (χ2v) is 9.45. The molecule has 1 saturated heterocycles. The largest absolute Gasteiger partial charge is 0.486 e. The Bertz CT molecular complexity index is 841. The number of fused-ring (bicyclic) bond motifs is 1. The molecule has 2 aliphatic heterocycles. The average molecular weight is 447 g/mol. The fourth-order valence-corrected chi connectivity index (χ4v) is 4.38. The molecule has 11 heteroatoms. The standard InChI is InChI=1S/C18H27ClN4O5S/c1-29(25,26)22-14-2-3-17-15(12-14)16(21-24)13-18(28-17)4-7-23(8-5-18)9-11-27-10-6-20-19/h2-3,12,20,22,24H,4-11,13H2,1H3/b21-16+. The Morgan fingerprint density at radius 2 is 2.10 bits per heavy atom. The predicted octanol–water partition coefficient (Wildman–Crippen LogP) is 1.61. The number of sulfonamides is 1. The summed E-state index contributed by atoms with van der Waals surface area (Å²) in [6.45, 7) is 4.40. The summed E-state index contributed by atoms with van der Waals surface area (Å²) in [5.41, 5.74) is 1.11. The van der Waals surface area contributed by atoms with E-state index in [1.165, 1.54) is 0 Å². The van der Waals surface area contributed by atoms with Crippen molar-refractivity contribution >= 4 is 33.2 Å². The first-order valence-corrected chi connectivity index (χ1v) is 11.8. The molecule has 0 saturated carbocycles. The van der Waals surface area contributed by atoms with E-state index >= 15 is 0 Å². The van der Waals surface area contributed by atoms with Crippen molar-refractivity contribution in [3.63, 3.8) is 0 Å². The van der Waals surface area contributed by atoms with Gasteiger partial charge in [-0.3, -0.25) is 4.72 Å². The minimum Gasteiger partial charge on any atom is -0.486 e. The number of hydrogen-bond donors (Lipinski definition) is 3. The summed E-state index contributed by atoms with van der Waals surface area (Å²) >= 11 is 5.40. The van der Waals surface area contributed by atoms with Crippen molar-refractivity contribution in [2.24, 2.45) is 5.16 Å². The normalized spacial score (nSPS) is 20.4. The van der Waals surface area contributed by atoms with Gasteiger partial charge < -0.3 is 19.6 Å². The first-order valence-electron chi connectivity index (χ1n) is 9.50. The van der Waals surface area contributed by atoms with Crippen molar-refractivity contribution < 1.29 is 23.1 Å². The zero-order chi connectivity index (χ0) is 20.9. The molecule has 1 aromatic carbocycles. The molecule has 2 heterocycles. The number of piperidine rings is 1. The van der Waals surface area contributed by atoms with E-state index in [4.69, 9.17) is 21.3 Å². The van der Waals surface area contributed by atoms with E-state index in [9.17, 15) is 13.6 Å². The molecule has 0 bridgehead atoms. The van der Waals surface area contributed by atoms with Gasteiger partial charge >= 0.3 is 0 Å². The van der Waals surface area contributed by atoms with Crippen LogP contribution in [0, 0.1) is 0 Å². The number of nitrogens with zero attached hydrogens (tertiary/aromatic N) is 2.